The summed E-state index contributed by atoms with van der Waals surface area (Å²) in [6, 6.07) is 63.2. The average molecular weight is 648 g/mol. The van der Waals surface area contributed by atoms with Gasteiger partial charge in [-0.25, -0.2) is 9.97 Å². The summed E-state index contributed by atoms with van der Waals surface area (Å²) in [6.07, 6.45) is 0. The molecule has 0 fully saturated rings. The normalized spacial score (nSPS) is 11.9. The number of para-hydroxylation sites is 1. The first kappa shape index (κ1) is 28.0. The summed E-state index contributed by atoms with van der Waals surface area (Å²) in [5.41, 5.74) is 5.20. The van der Waals surface area contributed by atoms with Gasteiger partial charge in [-0.05, 0) is 61.3 Å². The minimum absolute atomic E-state index is 0.697. The summed E-state index contributed by atoms with van der Waals surface area (Å²) in [4.78, 5) is 10.7. The first-order chi connectivity index (χ1) is 25.3. The van der Waals surface area contributed by atoms with Gasteiger partial charge in [0.25, 0.3) is 0 Å². The van der Waals surface area contributed by atoms with Gasteiger partial charge in [0.2, 0.25) is 0 Å². The molecule has 11 rings (SSSR count). The minimum Gasteiger partial charge on any atom is -0.293 e. The van der Waals surface area contributed by atoms with E-state index in [9.17, 15) is 0 Å². The molecule has 0 aliphatic carbocycles. The number of hydrogen-bond donors (Lipinski definition) is 0. The van der Waals surface area contributed by atoms with E-state index in [4.69, 9.17) is 9.97 Å². The highest BCUT2D eigenvalue weighted by Gasteiger charge is 2.22. The van der Waals surface area contributed by atoms with E-state index in [-0.39, 0.29) is 0 Å². The Kier molecular flexibility index (Phi) is 5.96. The van der Waals surface area contributed by atoms with E-state index in [1.54, 1.807) is 0 Å². The number of rotatable bonds is 3. The zero-order valence-corrected chi connectivity index (χ0v) is 27.6. The molecule has 0 aliphatic heterocycles. The van der Waals surface area contributed by atoms with Crippen LogP contribution in [0.3, 0.4) is 0 Å². The van der Waals surface area contributed by atoms with Crippen LogP contribution in [0.4, 0.5) is 0 Å². The molecule has 11 aromatic rings. The number of hydrogen-bond acceptors (Lipinski definition) is 2. The molecule has 3 nitrogen and oxygen atoms in total. The van der Waals surface area contributed by atoms with Crippen molar-refractivity contribution in [2.75, 3.05) is 0 Å². The molecule has 0 aliphatic rings. The highest BCUT2D eigenvalue weighted by molar-refractivity contribution is 6.36. The van der Waals surface area contributed by atoms with Gasteiger partial charge in [0.15, 0.2) is 5.82 Å². The molecule has 0 saturated heterocycles. The first-order valence-corrected chi connectivity index (χ1v) is 17.4. The molecule has 0 atom stereocenters. The average Bonchev–Trinajstić information content (AvgIpc) is 3.55. The maximum Gasteiger partial charge on any atom is 0.162 e. The largest absolute Gasteiger partial charge is 0.293 e. The first-order valence-electron chi connectivity index (χ1n) is 17.4. The van der Waals surface area contributed by atoms with Crippen molar-refractivity contribution in [2.45, 2.75) is 0 Å². The predicted octanol–water partition coefficient (Wildman–Crippen LogP) is 12.7. The van der Waals surface area contributed by atoms with Gasteiger partial charge in [-0.15, -0.1) is 0 Å². The van der Waals surface area contributed by atoms with Crippen LogP contribution < -0.4 is 0 Å². The van der Waals surface area contributed by atoms with Crippen LogP contribution in [0.15, 0.2) is 176 Å². The zero-order valence-electron chi connectivity index (χ0n) is 27.6. The van der Waals surface area contributed by atoms with E-state index in [0.29, 0.717) is 5.82 Å². The van der Waals surface area contributed by atoms with Crippen molar-refractivity contribution in [2.24, 2.45) is 0 Å². The van der Waals surface area contributed by atoms with Crippen LogP contribution in [-0.2, 0) is 0 Å². The smallest absolute Gasteiger partial charge is 0.162 e. The van der Waals surface area contributed by atoms with E-state index in [2.05, 4.69) is 180 Å². The second-order valence-corrected chi connectivity index (χ2v) is 13.4. The van der Waals surface area contributed by atoms with Crippen LogP contribution >= 0.6 is 0 Å². The molecule has 51 heavy (non-hydrogen) atoms. The minimum atomic E-state index is 0.697. The lowest BCUT2D eigenvalue weighted by Crippen LogP contribution is -2.03. The van der Waals surface area contributed by atoms with Crippen molar-refractivity contribution in [1.29, 1.82) is 0 Å². The third-order valence-electron chi connectivity index (χ3n) is 10.5. The van der Waals surface area contributed by atoms with Gasteiger partial charge in [0.1, 0.15) is 5.82 Å². The van der Waals surface area contributed by atoms with Gasteiger partial charge in [-0.1, -0.05) is 152 Å². The highest BCUT2D eigenvalue weighted by Crippen LogP contribution is 2.45. The van der Waals surface area contributed by atoms with Crippen LogP contribution in [0, 0.1) is 0 Å². The Morgan fingerprint density at radius 2 is 0.922 bits per heavy atom. The zero-order chi connectivity index (χ0) is 33.5. The molecular formula is C48H29N3. The van der Waals surface area contributed by atoms with E-state index in [0.717, 1.165) is 39.1 Å². The summed E-state index contributed by atoms with van der Waals surface area (Å²) < 4.78 is 2.38. The van der Waals surface area contributed by atoms with Crippen molar-refractivity contribution in [3.63, 3.8) is 0 Å². The number of aromatic nitrogens is 3. The molecular weight excluding hydrogens is 619 g/mol. The fourth-order valence-electron chi connectivity index (χ4n) is 8.18. The lowest BCUT2D eigenvalue weighted by Gasteiger charge is -2.15. The maximum atomic E-state index is 5.44. The summed E-state index contributed by atoms with van der Waals surface area (Å²) in [7, 11) is 0. The molecule has 3 heteroatoms. The highest BCUT2D eigenvalue weighted by atomic mass is 15.1. The van der Waals surface area contributed by atoms with Crippen molar-refractivity contribution in [3.8, 4) is 28.5 Å². The van der Waals surface area contributed by atoms with Crippen molar-refractivity contribution >= 4 is 75.7 Å². The van der Waals surface area contributed by atoms with Crippen LogP contribution in [0.5, 0.6) is 0 Å². The Morgan fingerprint density at radius 3 is 1.69 bits per heavy atom. The summed E-state index contributed by atoms with van der Waals surface area (Å²) in [5, 5.41) is 14.7. The van der Waals surface area contributed by atoms with Crippen molar-refractivity contribution < 1.29 is 0 Å². The molecule has 0 amide bonds. The Hall–Kier alpha value is -6.84. The van der Waals surface area contributed by atoms with Gasteiger partial charge >= 0.3 is 0 Å². The van der Waals surface area contributed by atoms with Crippen LogP contribution in [-0.4, -0.2) is 14.5 Å². The Bertz CT molecular complexity index is 3110. The lowest BCUT2D eigenvalue weighted by atomic mass is 9.93. The number of benzene rings is 9. The molecule has 2 aromatic heterocycles. The molecule has 0 bridgehead atoms. The molecule has 236 valence electrons. The molecule has 0 spiro atoms. The van der Waals surface area contributed by atoms with E-state index < -0.39 is 0 Å². The van der Waals surface area contributed by atoms with Gasteiger partial charge in [0, 0.05) is 38.7 Å². The summed E-state index contributed by atoms with van der Waals surface area (Å²) in [5.74, 6) is 1.54. The maximum absolute atomic E-state index is 5.44. The standard InChI is InChI=1S/C48H29N3/c1-3-14-33-27-35(23-21-30(33)11-1)42-29-44(50-48(49-42)36-24-22-31-12-2-4-15-34(31)28-36)51-43-20-10-9-19-41(43)46-45-37-16-6-5-13-32(37)25-26-39(45)38-17-7-8-18-40(38)47(46)51/h1-29H. The van der Waals surface area contributed by atoms with Crippen LogP contribution in [0.1, 0.15) is 0 Å². The van der Waals surface area contributed by atoms with Gasteiger partial charge in [-0.2, -0.15) is 0 Å². The quantitative estimate of drug-likeness (QED) is 0.179. The van der Waals surface area contributed by atoms with E-state index in [1.807, 2.05) is 0 Å². The number of fused-ring (bicyclic) bond motifs is 12. The molecule has 0 saturated carbocycles. The fourth-order valence-corrected chi connectivity index (χ4v) is 8.18. The Balaban J connectivity index is 1.30. The van der Waals surface area contributed by atoms with Crippen molar-refractivity contribution in [3.05, 3.63) is 176 Å². The third-order valence-corrected chi connectivity index (χ3v) is 10.5. The lowest BCUT2D eigenvalue weighted by molar-refractivity contribution is 1.05. The Labute approximate surface area is 293 Å². The Morgan fingerprint density at radius 1 is 0.353 bits per heavy atom. The van der Waals surface area contributed by atoms with Crippen LogP contribution in [0.25, 0.3) is 104 Å². The second-order valence-electron chi connectivity index (χ2n) is 13.4. The molecule has 9 aromatic carbocycles. The second kappa shape index (κ2) is 10.8. The topological polar surface area (TPSA) is 30.7 Å². The van der Waals surface area contributed by atoms with Crippen LogP contribution in [0.2, 0.25) is 0 Å². The SMILES string of the molecule is c1ccc2cc(-c3cc(-n4c5ccccc5c5c6c7ccccc7ccc6c6ccccc6c54)nc(-c4ccc5ccccc5c4)n3)ccc2c1. The molecule has 0 N–H and O–H groups in total. The van der Waals surface area contributed by atoms with Gasteiger partial charge in [0.05, 0.1) is 16.7 Å². The molecule has 0 unspecified atom stereocenters. The summed E-state index contributed by atoms with van der Waals surface area (Å²) >= 11 is 0. The monoisotopic (exact) mass is 647 g/mol. The van der Waals surface area contributed by atoms with E-state index >= 15 is 0 Å². The summed E-state index contributed by atoms with van der Waals surface area (Å²) in [6.45, 7) is 0. The fraction of sp³-hybridized carbons (Fsp3) is 0. The number of nitrogens with zero attached hydrogens (tertiary/aromatic N) is 3. The molecule has 0 radical (unpaired) electrons. The molecule has 2 heterocycles. The van der Waals surface area contributed by atoms with E-state index in [1.165, 1.54) is 59.2 Å². The van der Waals surface area contributed by atoms with Gasteiger partial charge < -0.3 is 0 Å². The third kappa shape index (κ3) is 4.25. The predicted molar refractivity (Wildman–Crippen MR) is 215 cm³/mol. The van der Waals surface area contributed by atoms with Gasteiger partial charge in [-0.3, -0.25) is 4.57 Å². The van der Waals surface area contributed by atoms with Crippen molar-refractivity contribution in [1.82, 2.24) is 14.5 Å².